The SMILES string of the molecule is N=C(N)c1cccc(NC(CO)C(=O)NCC(=O)NN2CCCCC2)c1. The number of piperidine rings is 1. The van der Waals surface area contributed by atoms with Crippen LogP contribution in [0.3, 0.4) is 0 Å². The van der Waals surface area contributed by atoms with Gasteiger partial charge in [-0.1, -0.05) is 18.6 Å². The third-order valence-electron chi connectivity index (χ3n) is 4.08. The van der Waals surface area contributed by atoms with Crippen molar-refractivity contribution in [3.05, 3.63) is 29.8 Å². The highest BCUT2D eigenvalue weighted by atomic mass is 16.3. The molecule has 0 bridgehead atoms. The van der Waals surface area contributed by atoms with E-state index < -0.39 is 18.6 Å². The van der Waals surface area contributed by atoms with Crippen molar-refractivity contribution in [1.82, 2.24) is 15.8 Å². The number of hydrogen-bond donors (Lipinski definition) is 6. The molecule has 26 heavy (non-hydrogen) atoms. The van der Waals surface area contributed by atoms with E-state index in [1.54, 1.807) is 24.3 Å². The topological polar surface area (TPSA) is 144 Å². The summed E-state index contributed by atoms with van der Waals surface area (Å²) in [6.45, 7) is 1.02. The fraction of sp³-hybridized carbons (Fsp3) is 0.471. The van der Waals surface area contributed by atoms with Crippen LogP contribution >= 0.6 is 0 Å². The summed E-state index contributed by atoms with van der Waals surface area (Å²) in [5.41, 5.74) is 9.26. The van der Waals surface area contributed by atoms with Gasteiger partial charge < -0.3 is 21.5 Å². The first kappa shape index (κ1) is 19.7. The van der Waals surface area contributed by atoms with Crippen molar-refractivity contribution in [3.8, 4) is 0 Å². The molecule has 0 saturated carbocycles. The summed E-state index contributed by atoms with van der Waals surface area (Å²) in [5.74, 6) is -0.877. The summed E-state index contributed by atoms with van der Waals surface area (Å²) >= 11 is 0. The molecule has 1 saturated heterocycles. The molecule has 1 heterocycles. The number of carbonyl (C=O) groups excluding carboxylic acids is 2. The molecule has 7 N–H and O–H groups in total. The van der Waals surface area contributed by atoms with Crippen molar-refractivity contribution < 1.29 is 14.7 Å². The fourth-order valence-corrected chi connectivity index (χ4v) is 2.68. The number of hydrazine groups is 1. The van der Waals surface area contributed by atoms with E-state index in [9.17, 15) is 14.7 Å². The number of nitrogen functional groups attached to an aromatic ring is 1. The monoisotopic (exact) mass is 362 g/mol. The lowest BCUT2D eigenvalue weighted by Gasteiger charge is -2.27. The van der Waals surface area contributed by atoms with Gasteiger partial charge in [-0.25, -0.2) is 5.01 Å². The van der Waals surface area contributed by atoms with E-state index in [-0.39, 0.29) is 18.3 Å². The molecule has 1 atom stereocenters. The van der Waals surface area contributed by atoms with Gasteiger partial charge in [0.05, 0.1) is 13.2 Å². The van der Waals surface area contributed by atoms with Gasteiger partial charge in [0.1, 0.15) is 11.9 Å². The second kappa shape index (κ2) is 9.73. The van der Waals surface area contributed by atoms with Crippen LogP contribution in [0.4, 0.5) is 5.69 Å². The van der Waals surface area contributed by atoms with Crippen LogP contribution in [0.25, 0.3) is 0 Å². The highest BCUT2D eigenvalue weighted by Gasteiger charge is 2.19. The van der Waals surface area contributed by atoms with Crippen LogP contribution in [-0.4, -0.2) is 60.0 Å². The normalized spacial score (nSPS) is 15.7. The molecule has 9 heteroatoms. The maximum atomic E-state index is 12.2. The third-order valence-corrected chi connectivity index (χ3v) is 4.08. The highest BCUT2D eigenvalue weighted by Crippen LogP contribution is 2.11. The molecule has 0 spiro atoms. The Balaban J connectivity index is 1.83. The van der Waals surface area contributed by atoms with Gasteiger partial charge in [0.2, 0.25) is 5.91 Å². The molecule has 0 aromatic heterocycles. The first-order valence-corrected chi connectivity index (χ1v) is 8.63. The summed E-state index contributed by atoms with van der Waals surface area (Å²) in [6.07, 6.45) is 3.25. The van der Waals surface area contributed by atoms with Gasteiger partial charge in [0, 0.05) is 24.3 Å². The Labute approximate surface area is 152 Å². The van der Waals surface area contributed by atoms with E-state index in [1.165, 1.54) is 0 Å². The molecular weight excluding hydrogens is 336 g/mol. The maximum Gasteiger partial charge on any atom is 0.253 e. The van der Waals surface area contributed by atoms with Gasteiger partial charge >= 0.3 is 0 Å². The Kier molecular flexibility index (Phi) is 7.37. The van der Waals surface area contributed by atoms with Crippen molar-refractivity contribution in [2.24, 2.45) is 5.73 Å². The van der Waals surface area contributed by atoms with E-state index >= 15 is 0 Å². The standard InChI is InChI=1S/C17H26N6O3/c18-16(19)12-5-4-6-13(9-12)21-14(11-24)17(26)20-10-15(25)22-23-7-2-1-3-8-23/h4-6,9,14,21,24H,1-3,7-8,10-11H2,(H3,18,19)(H,20,26)(H,22,25). The number of amidine groups is 1. The predicted molar refractivity (Wildman–Crippen MR) is 98.5 cm³/mol. The van der Waals surface area contributed by atoms with Crippen LogP contribution in [0.2, 0.25) is 0 Å². The number of anilines is 1. The van der Waals surface area contributed by atoms with Crippen molar-refractivity contribution in [3.63, 3.8) is 0 Å². The van der Waals surface area contributed by atoms with E-state index in [1.807, 2.05) is 5.01 Å². The summed E-state index contributed by atoms with van der Waals surface area (Å²) in [4.78, 5) is 24.1. The van der Waals surface area contributed by atoms with Crippen molar-refractivity contribution in [2.75, 3.05) is 31.6 Å². The largest absolute Gasteiger partial charge is 0.394 e. The summed E-state index contributed by atoms with van der Waals surface area (Å²) in [6, 6.07) is 5.76. The molecule has 9 nitrogen and oxygen atoms in total. The molecule has 142 valence electrons. The van der Waals surface area contributed by atoms with Crippen LogP contribution in [0, 0.1) is 5.41 Å². The van der Waals surface area contributed by atoms with Crippen molar-refractivity contribution >= 4 is 23.3 Å². The zero-order chi connectivity index (χ0) is 18.9. The fourth-order valence-electron chi connectivity index (χ4n) is 2.68. The zero-order valence-electron chi connectivity index (χ0n) is 14.6. The highest BCUT2D eigenvalue weighted by molar-refractivity contribution is 5.96. The molecule has 1 aromatic rings. The lowest BCUT2D eigenvalue weighted by atomic mass is 10.1. The van der Waals surface area contributed by atoms with Crippen LogP contribution in [-0.2, 0) is 9.59 Å². The lowest BCUT2D eigenvalue weighted by Crippen LogP contribution is -2.50. The van der Waals surface area contributed by atoms with Crippen molar-refractivity contribution in [1.29, 1.82) is 5.41 Å². The van der Waals surface area contributed by atoms with Gasteiger partial charge in [-0.15, -0.1) is 0 Å². The van der Waals surface area contributed by atoms with Crippen LogP contribution in [0.5, 0.6) is 0 Å². The van der Waals surface area contributed by atoms with Gasteiger partial charge in [-0.3, -0.25) is 20.4 Å². The van der Waals surface area contributed by atoms with Gasteiger partial charge in [-0.05, 0) is 25.0 Å². The zero-order valence-corrected chi connectivity index (χ0v) is 14.6. The number of aliphatic hydroxyl groups excluding tert-OH is 1. The van der Waals surface area contributed by atoms with Crippen LogP contribution in [0.1, 0.15) is 24.8 Å². The molecule has 1 fully saturated rings. The predicted octanol–water partition coefficient (Wildman–Crippen LogP) is -0.623. The number of hydrogen-bond acceptors (Lipinski definition) is 6. The Bertz CT molecular complexity index is 645. The van der Waals surface area contributed by atoms with Crippen LogP contribution < -0.4 is 21.8 Å². The summed E-state index contributed by atoms with van der Waals surface area (Å²) in [5, 5.41) is 24.1. The van der Waals surface area contributed by atoms with Crippen molar-refractivity contribution in [2.45, 2.75) is 25.3 Å². The molecule has 1 aliphatic rings. The first-order valence-electron chi connectivity index (χ1n) is 8.63. The third kappa shape index (κ3) is 6.01. The number of nitrogens with one attached hydrogen (secondary N) is 4. The summed E-state index contributed by atoms with van der Waals surface area (Å²) in [7, 11) is 0. The smallest absolute Gasteiger partial charge is 0.253 e. The Morgan fingerprint density at radius 2 is 2.00 bits per heavy atom. The first-order chi connectivity index (χ1) is 12.5. The molecule has 1 unspecified atom stereocenters. The molecule has 2 rings (SSSR count). The number of carbonyl (C=O) groups is 2. The number of aliphatic hydroxyl groups is 1. The number of nitrogens with zero attached hydrogens (tertiary/aromatic N) is 1. The van der Waals surface area contributed by atoms with E-state index in [4.69, 9.17) is 11.1 Å². The second-order valence-electron chi connectivity index (χ2n) is 6.17. The average molecular weight is 362 g/mol. The average Bonchev–Trinajstić information content (AvgIpc) is 2.65. The number of nitrogens with two attached hydrogens (primary N) is 1. The summed E-state index contributed by atoms with van der Waals surface area (Å²) < 4.78 is 0. The Morgan fingerprint density at radius 1 is 1.27 bits per heavy atom. The quantitative estimate of drug-likeness (QED) is 0.269. The Morgan fingerprint density at radius 3 is 2.65 bits per heavy atom. The lowest BCUT2D eigenvalue weighted by molar-refractivity contribution is -0.129. The van der Waals surface area contributed by atoms with E-state index in [0.717, 1.165) is 32.4 Å². The second-order valence-corrected chi connectivity index (χ2v) is 6.17. The minimum Gasteiger partial charge on any atom is -0.394 e. The Hall–Kier alpha value is -2.65. The van der Waals surface area contributed by atoms with Crippen LogP contribution in [0.15, 0.2) is 24.3 Å². The van der Waals surface area contributed by atoms with E-state index in [2.05, 4.69) is 16.1 Å². The van der Waals surface area contributed by atoms with E-state index in [0.29, 0.717) is 11.3 Å². The molecule has 0 aliphatic carbocycles. The van der Waals surface area contributed by atoms with Gasteiger partial charge in [0.15, 0.2) is 0 Å². The molecule has 0 radical (unpaired) electrons. The minimum atomic E-state index is -0.917. The minimum absolute atomic E-state index is 0.0898. The molecule has 1 aromatic carbocycles. The van der Waals surface area contributed by atoms with Gasteiger partial charge in [0.25, 0.3) is 5.91 Å². The molecule has 1 aliphatic heterocycles. The number of benzene rings is 1. The molecular formula is C17H26N6O3. The maximum absolute atomic E-state index is 12.2. The van der Waals surface area contributed by atoms with Gasteiger partial charge in [-0.2, -0.15) is 0 Å². The number of rotatable bonds is 8. The molecule has 2 amide bonds. The number of amides is 2.